The van der Waals surface area contributed by atoms with Crippen molar-refractivity contribution in [1.29, 1.82) is 0 Å². The molecule has 2 N–H and O–H groups in total. The van der Waals surface area contributed by atoms with Crippen molar-refractivity contribution in [3.63, 3.8) is 0 Å². The molecule has 0 saturated heterocycles. The van der Waals surface area contributed by atoms with E-state index < -0.39 is 0 Å². The van der Waals surface area contributed by atoms with Gasteiger partial charge in [-0.15, -0.1) is 0 Å². The summed E-state index contributed by atoms with van der Waals surface area (Å²) in [7, 11) is 0. The fraction of sp³-hybridized carbons (Fsp3) is 0.600. The summed E-state index contributed by atoms with van der Waals surface area (Å²) in [6, 6.07) is 6.03. The lowest BCUT2D eigenvalue weighted by molar-refractivity contribution is -0.114. The van der Waals surface area contributed by atoms with E-state index in [2.05, 4.69) is 15.5 Å². The van der Waals surface area contributed by atoms with E-state index in [9.17, 15) is 9.59 Å². The molecule has 3 amide bonds. The summed E-state index contributed by atoms with van der Waals surface area (Å²) in [5.41, 5.74) is 2.46. The molecule has 5 nitrogen and oxygen atoms in total. The average Bonchev–Trinajstić information content (AvgIpc) is 3.40. The predicted molar refractivity (Wildman–Crippen MR) is 101 cm³/mol. The van der Waals surface area contributed by atoms with Gasteiger partial charge in [0.1, 0.15) is 0 Å². The van der Waals surface area contributed by atoms with E-state index in [1.165, 1.54) is 39.0 Å². The molecule has 0 spiro atoms. The van der Waals surface area contributed by atoms with Crippen LogP contribution in [-0.2, 0) is 4.79 Å². The molecular weight excluding hydrogens is 314 g/mol. The highest BCUT2D eigenvalue weighted by atomic mass is 16.2. The molecule has 0 bridgehead atoms. The maximum absolute atomic E-state index is 12.9. The minimum Gasteiger partial charge on any atom is -0.326 e. The number of benzene rings is 1. The Hall–Kier alpha value is -2.04. The van der Waals surface area contributed by atoms with Gasteiger partial charge < -0.3 is 15.5 Å². The monoisotopic (exact) mass is 343 g/mol. The lowest BCUT2D eigenvalue weighted by atomic mass is 9.94. The third-order valence-electron chi connectivity index (χ3n) is 5.23. The zero-order valence-electron chi connectivity index (χ0n) is 15.3. The number of carbonyl (C=O) groups excluding carboxylic acids is 2. The van der Waals surface area contributed by atoms with E-state index in [1.54, 1.807) is 0 Å². The van der Waals surface area contributed by atoms with Crippen molar-refractivity contribution in [2.75, 3.05) is 17.2 Å². The van der Waals surface area contributed by atoms with Gasteiger partial charge in [-0.25, -0.2) is 4.79 Å². The number of aryl methyl sites for hydroxylation is 1. The SMILES string of the molecule is CC(=O)Nc1cc(NC(=O)N(CC2CC2)C2CCCCC2)ccc1C. The molecule has 3 rings (SSSR count). The first-order chi connectivity index (χ1) is 12.0. The Kier molecular flexibility index (Phi) is 5.61. The number of amides is 3. The molecule has 2 aliphatic carbocycles. The molecule has 0 atom stereocenters. The van der Waals surface area contributed by atoms with Crippen LogP contribution in [0, 0.1) is 12.8 Å². The van der Waals surface area contributed by atoms with E-state index in [0.29, 0.717) is 12.0 Å². The second kappa shape index (κ2) is 7.89. The number of nitrogens with zero attached hydrogens (tertiary/aromatic N) is 1. The first-order valence-electron chi connectivity index (χ1n) is 9.49. The van der Waals surface area contributed by atoms with Crippen molar-refractivity contribution in [3.8, 4) is 0 Å². The number of anilines is 2. The van der Waals surface area contributed by atoms with Gasteiger partial charge in [-0.05, 0) is 56.2 Å². The van der Waals surface area contributed by atoms with Gasteiger partial charge in [0.05, 0.1) is 0 Å². The number of hydrogen-bond donors (Lipinski definition) is 2. The van der Waals surface area contributed by atoms with Crippen molar-refractivity contribution in [1.82, 2.24) is 4.90 Å². The normalized spacial score (nSPS) is 17.8. The van der Waals surface area contributed by atoms with Crippen LogP contribution in [0.5, 0.6) is 0 Å². The topological polar surface area (TPSA) is 61.4 Å². The zero-order valence-corrected chi connectivity index (χ0v) is 15.3. The number of carbonyl (C=O) groups is 2. The van der Waals surface area contributed by atoms with Crippen molar-refractivity contribution >= 4 is 23.3 Å². The summed E-state index contributed by atoms with van der Waals surface area (Å²) in [5, 5.41) is 5.87. The van der Waals surface area contributed by atoms with Crippen LogP contribution in [0.4, 0.5) is 16.2 Å². The Labute approximate surface area is 150 Å². The van der Waals surface area contributed by atoms with E-state index in [4.69, 9.17) is 0 Å². The quantitative estimate of drug-likeness (QED) is 0.825. The highest BCUT2D eigenvalue weighted by Crippen LogP contribution is 2.33. The standard InChI is InChI=1S/C20H29N3O2/c1-14-8-11-17(12-19(14)21-15(2)24)22-20(25)23(13-16-9-10-16)18-6-4-3-5-7-18/h8,11-12,16,18H,3-7,9-10,13H2,1-2H3,(H,21,24)(H,22,25). The van der Waals surface area contributed by atoms with Gasteiger partial charge in [0.2, 0.25) is 5.91 Å². The largest absolute Gasteiger partial charge is 0.326 e. The van der Waals surface area contributed by atoms with E-state index in [1.807, 2.05) is 25.1 Å². The molecule has 0 aromatic heterocycles. The molecule has 2 aliphatic rings. The van der Waals surface area contributed by atoms with Crippen molar-refractivity contribution < 1.29 is 9.59 Å². The predicted octanol–water partition coefficient (Wildman–Crippen LogP) is 4.53. The average molecular weight is 343 g/mol. The molecule has 0 aliphatic heterocycles. The van der Waals surface area contributed by atoms with Crippen molar-refractivity contribution in [2.24, 2.45) is 5.92 Å². The van der Waals surface area contributed by atoms with Crippen LogP contribution in [0.1, 0.15) is 57.4 Å². The number of hydrogen-bond acceptors (Lipinski definition) is 2. The molecule has 0 unspecified atom stereocenters. The van der Waals surface area contributed by atoms with E-state index >= 15 is 0 Å². The van der Waals surface area contributed by atoms with E-state index in [0.717, 1.165) is 36.3 Å². The summed E-state index contributed by atoms with van der Waals surface area (Å²) in [6.07, 6.45) is 8.44. The molecule has 2 fully saturated rings. The molecular formula is C20H29N3O2. The molecule has 1 aromatic carbocycles. The van der Waals surface area contributed by atoms with Crippen LogP contribution < -0.4 is 10.6 Å². The fourth-order valence-corrected chi connectivity index (χ4v) is 3.59. The molecule has 1 aromatic rings. The third-order valence-corrected chi connectivity index (χ3v) is 5.23. The zero-order chi connectivity index (χ0) is 17.8. The maximum atomic E-state index is 12.9. The van der Waals surface area contributed by atoms with Crippen LogP contribution in [0.15, 0.2) is 18.2 Å². The fourth-order valence-electron chi connectivity index (χ4n) is 3.59. The number of urea groups is 1. The first kappa shape index (κ1) is 17.8. The van der Waals surface area contributed by atoms with Crippen LogP contribution >= 0.6 is 0 Å². The molecule has 0 heterocycles. The minimum absolute atomic E-state index is 0.00331. The Morgan fingerprint density at radius 3 is 2.44 bits per heavy atom. The van der Waals surface area contributed by atoms with Crippen LogP contribution in [-0.4, -0.2) is 29.4 Å². The summed E-state index contributed by atoms with van der Waals surface area (Å²) in [4.78, 5) is 26.3. The Morgan fingerprint density at radius 1 is 1.08 bits per heavy atom. The maximum Gasteiger partial charge on any atom is 0.322 e. The lowest BCUT2D eigenvalue weighted by Crippen LogP contribution is -2.45. The van der Waals surface area contributed by atoms with Gasteiger partial charge in [-0.1, -0.05) is 25.3 Å². The Bertz CT molecular complexity index is 634. The summed E-state index contributed by atoms with van der Waals surface area (Å²) < 4.78 is 0. The highest BCUT2D eigenvalue weighted by Gasteiger charge is 2.31. The van der Waals surface area contributed by atoms with Crippen molar-refractivity contribution in [3.05, 3.63) is 23.8 Å². The van der Waals surface area contributed by atoms with Gasteiger partial charge in [0.25, 0.3) is 0 Å². The van der Waals surface area contributed by atoms with Gasteiger partial charge in [-0.3, -0.25) is 4.79 Å². The van der Waals surface area contributed by atoms with E-state index in [-0.39, 0.29) is 11.9 Å². The molecule has 5 heteroatoms. The molecule has 25 heavy (non-hydrogen) atoms. The van der Waals surface area contributed by atoms with Crippen LogP contribution in [0.2, 0.25) is 0 Å². The molecule has 136 valence electrons. The molecule has 0 radical (unpaired) electrons. The Balaban J connectivity index is 1.70. The number of rotatable bonds is 5. The minimum atomic E-state index is -0.107. The van der Waals surface area contributed by atoms with Gasteiger partial charge in [-0.2, -0.15) is 0 Å². The van der Waals surface area contributed by atoms with Crippen LogP contribution in [0.3, 0.4) is 0 Å². The van der Waals surface area contributed by atoms with Crippen LogP contribution in [0.25, 0.3) is 0 Å². The van der Waals surface area contributed by atoms with Gasteiger partial charge in [0, 0.05) is 30.9 Å². The summed E-state index contributed by atoms with van der Waals surface area (Å²) >= 11 is 0. The summed E-state index contributed by atoms with van der Waals surface area (Å²) in [5.74, 6) is 0.574. The van der Waals surface area contributed by atoms with Gasteiger partial charge >= 0.3 is 6.03 Å². The molecule has 2 saturated carbocycles. The second-order valence-electron chi connectivity index (χ2n) is 7.53. The Morgan fingerprint density at radius 2 is 1.80 bits per heavy atom. The van der Waals surface area contributed by atoms with Crippen molar-refractivity contribution in [2.45, 2.75) is 64.8 Å². The van der Waals surface area contributed by atoms with Gasteiger partial charge in [0.15, 0.2) is 0 Å². The summed E-state index contributed by atoms with van der Waals surface area (Å²) in [6.45, 7) is 4.31. The second-order valence-corrected chi connectivity index (χ2v) is 7.53. The third kappa shape index (κ3) is 4.97. The number of nitrogens with one attached hydrogen (secondary N) is 2. The smallest absolute Gasteiger partial charge is 0.322 e. The first-order valence-corrected chi connectivity index (χ1v) is 9.49. The lowest BCUT2D eigenvalue weighted by Gasteiger charge is -2.34. The highest BCUT2D eigenvalue weighted by molar-refractivity contribution is 5.93.